The summed E-state index contributed by atoms with van der Waals surface area (Å²) in [6, 6.07) is 11.4. The van der Waals surface area contributed by atoms with Gasteiger partial charge in [0.15, 0.2) is 5.57 Å². The molecule has 1 unspecified atom stereocenters. The molecule has 1 amide bonds. The molecule has 0 fully saturated rings. The van der Waals surface area contributed by atoms with Crippen molar-refractivity contribution >= 4 is 5.91 Å². The van der Waals surface area contributed by atoms with E-state index in [1.807, 2.05) is 37.3 Å². The number of nitrogens with one attached hydrogen (secondary N) is 1. The molecule has 0 spiro atoms. The standard InChI is InChI=1S/C14H16N2O2/c1-10(12-6-4-3-5-7-12)9-16-14(18)13(8-15)11(2)17/h3-7,10,17H,9H2,1-2H3,(H,16,18). The van der Waals surface area contributed by atoms with Gasteiger partial charge in [0.2, 0.25) is 0 Å². The number of hydrogen-bond acceptors (Lipinski definition) is 3. The summed E-state index contributed by atoms with van der Waals surface area (Å²) in [4.78, 5) is 11.6. The minimum atomic E-state index is -0.541. The first kappa shape index (κ1) is 13.8. The van der Waals surface area contributed by atoms with E-state index in [-0.39, 0.29) is 17.3 Å². The summed E-state index contributed by atoms with van der Waals surface area (Å²) in [5, 5.41) is 20.5. The van der Waals surface area contributed by atoms with Crippen molar-refractivity contribution in [2.45, 2.75) is 19.8 Å². The molecule has 0 saturated carbocycles. The van der Waals surface area contributed by atoms with Crippen LogP contribution in [0, 0.1) is 11.3 Å². The Bertz CT molecular complexity index is 482. The maximum Gasteiger partial charge on any atom is 0.265 e. The van der Waals surface area contributed by atoms with Crippen LogP contribution in [0.15, 0.2) is 41.7 Å². The molecule has 0 aliphatic heterocycles. The normalized spacial score (nSPS) is 13.2. The van der Waals surface area contributed by atoms with Gasteiger partial charge in [-0.25, -0.2) is 0 Å². The van der Waals surface area contributed by atoms with Crippen LogP contribution in [-0.4, -0.2) is 17.6 Å². The summed E-state index contributed by atoms with van der Waals surface area (Å²) >= 11 is 0. The van der Waals surface area contributed by atoms with Crippen LogP contribution in [0.2, 0.25) is 0 Å². The van der Waals surface area contributed by atoms with Gasteiger partial charge in [0.05, 0.1) is 0 Å². The van der Waals surface area contributed by atoms with Crippen LogP contribution in [0.25, 0.3) is 0 Å². The van der Waals surface area contributed by atoms with Crippen molar-refractivity contribution in [3.8, 4) is 6.07 Å². The number of carbonyl (C=O) groups excluding carboxylic acids is 1. The SMILES string of the molecule is CC(O)=C(C#N)C(=O)NCC(C)c1ccccc1. The second-order valence-corrected chi connectivity index (χ2v) is 4.09. The monoisotopic (exact) mass is 244 g/mol. The van der Waals surface area contributed by atoms with Gasteiger partial charge in [-0.15, -0.1) is 0 Å². The van der Waals surface area contributed by atoms with E-state index in [1.54, 1.807) is 6.07 Å². The maximum atomic E-state index is 11.6. The number of aliphatic hydroxyl groups is 1. The highest BCUT2D eigenvalue weighted by Gasteiger charge is 2.13. The highest BCUT2D eigenvalue weighted by molar-refractivity contribution is 5.97. The third-order valence-electron chi connectivity index (χ3n) is 2.64. The van der Waals surface area contributed by atoms with Crippen LogP contribution in [0.4, 0.5) is 0 Å². The predicted molar refractivity (Wildman–Crippen MR) is 68.8 cm³/mol. The van der Waals surface area contributed by atoms with Gasteiger partial charge in [-0.2, -0.15) is 5.26 Å². The molecular weight excluding hydrogens is 228 g/mol. The van der Waals surface area contributed by atoms with Crippen LogP contribution in [0.3, 0.4) is 0 Å². The Kier molecular flexibility index (Phi) is 4.94. The van der Waals surface area contributed by atoms with Crippen LogP contribution in [0.5, 0.6) is 0 Å². The van der Waals surface area contributed by atoms with Gasteiger partial charge in [0.1, 0.15) is 11.8 Å². The Morgan fingerprint density at radius 3 is 2.56 bits per heavy atom. The van der Waals surface area contributed by atoms with E-state index >= 15 is 0 Å². The Labute approximate surface area is 107 Å². The van der Waals surface area contributed by atoms with Crippen molar-refractivity contribution in [3.63, 3.8) is 0 Å². The second kappa shape index (κ2) is 6.45. The number of aliphatic hydroxyl groups excluding tert-OH is 1. The molecule has 0 aliphatic carbocycles. The highest BCUT2D eigenvalue weighted by atomic mass is 16.3. The van der Waals surface area contributed by atoms with Crippen molar-refractivity contribution < 1.29 is 9.90 Å². The van der Waals surface area contributed by atoms with Crippen molar-refractivity contribution in [1.29, 1.82) is 5.26 Å². The average molecular weight is 244 g/mol. The van der Waals surface area contributed by atoms with Gasteiger partial charge in [-0.05, 0) is 18.4 Å². The molecule has 4 heteroatoms. The van der Waals surface area contributed by atoms with E-state index in [0.717, 1.165) is 5.56 Å². The fourth-order valence-electron chi connectivity index (χ4n) is 1.53. The minimum absolute atomic E-state index is 0.147. The minimum Gasteiger partial charge on any atom is -0.511 e. The third-order valence-corrected chi connectivity index (χ3v) is 2.64. The van der Waals surface area contributed by atoms with Crippen molar-refractivity contribution in [3.05, 3.63) is 47.2 Å². The summed E-state index contributed by atoms with van der Waals surface area (Å²) in [5.41, 5.74) is 0.872. The predicted octanol–water partition coefficient (Wildman–Crippen LogP) is 2.26. The second-order valence-electron chi connectivity index (χ2n) is 4.09. The van der Waals surface area contributed by atoms with E-state index in [2.05, 4.69) is 5.32 Å². The Hall–Kier alpha value is -2.28. The van der Waals surface area contributed by atoms with Gasteiger partial charge in [-0.3, -0.25) is 4.79 Å². The van der Waals surface area contributed by atoms with Crippen LogP contribution >= 0.6 is 0 Å². The van der Waals surface area contributed by atoms with E-state index in [1.165, 1.54) is 6.92 Å². The zero-order valence-electron chi connectivity index (χ0n) is 10.5. The number of amides is 1. The van der Waals surface area contributed by atoms with Crippen molar-refractivity contribution in [2.75, 3.05) is 6.54 Å². The van der Waals surface area contributed by atoms with Gasteiger partial charge < -0.3 is 10.4 Å². The molecule has 1 aromatic rings. The summed E-state index contributed by atoms with van der Waals surface area (Å²) in [6.45, 7) is 3.72. The molecule has 94 valence electrons. The summed E-state index contributed by atoms with van der Waals surface area (Å²) < 4.78 is 0. The lowest BCUT2D eigenvalue weighted by atomic mass is 10.0. The van der Waals surface area contributed by atoms with Gasteiger partial charge in [-0.1, -0.05) is 37.3 Å². The Balaban J connectivity index is 2.60. The molecule has 1 aromatic carbocycles. The first-order valence-corrected chi connectivity index (χ1v) is 5.69. The number of nitrogens with zero attached hydrogens (tertiary/aromatic N) is 1. The van der Waals surface area contributed by atoms with Crippen molar-refractivity contribution in [1.82, 2.24) is 5.32 Å². The topological polar surface area (TPSA) is 73.1 Å². The largest absolute Gasteiger partial charge is 0.511 e. The van der Waals surface area contributed by atoms with Gasteiger partial charge in [0, 0.05) is 6.54 Å². The average Bonchev–Trinajstić information content (AvgIpc) is 2.37. The molecule has 0 radical (unpaired) electrons. The van der Waals surface area contributed by atoms with Crippen LogP contribution < -0.4 is 5.32 Å². The summed E-state index contributed by atoms with van der Waals surface area (Å²) in [6.07, 6.45) is 0. The number of nitriles is 1. The molecule has 0 bridgehead atoms. The molecule has 0 aromatic heterocycles. The maximum absolute atomic E-state index is 11.6. The first-order valence-electron chi connectivity index (χ1n) is 5.69. The Morgan fingerprint density at radius 2 is 2.06 bits per heavy atom. The van der Waals surface area contributed by atoms with Crippen LogP contribution in [0.1, 0.15) is 25.3 Å². The van der Waals surface area contributed by atoms with E-state index in [9.17, 15) is 4.79 Å². The number of hydrogen-bond donors (Lipinski definition) is 2. The van der Waals surface area contributed by atoms with Crippen LogP contribution in [-0.2, 0) is 4.79 Å². The smallest absolute Gasteiger partial charge is 0.265 e. The zero-order valence-corrected chi connectivity index (χ0v) is 10.5. The lowest BCUT2D eigenvalue weighted by Crippen LogP contribution is -2.29. The Morgan fingerprint density at radius 1 is 1.44 bits per heavy atom. The highest BCUT2D eigenvalue weighted by Crippen LogP contribution is 2.13. The van der Waals surface area contributed by atoms with Gasteiger partial charge in [0.25, 0.3) is 5.91 Å². The quantitative estimate of drug-likeness (QED) is 0.484. The lowest BCUT2D eigenvalue weighted by Gasteiger charge is -2.12. The van der Waals surface area contributed by atoms with E-state index in [4.69, 9.17) is 10.4 Å². The third kappa shape index (κ3) is 3.63. The van der Waals surface area contributed by atoms with E-state index < -0.39 is 5.91 Å². The van der Waals surface area contributed by atoms with Crippen molar-refractivity contribution in [2.24, 2.45) is 0 Å². The molecule has 4 nitrogen and oxygen atoms in total. The summed E-state index contributed by atoms with van der Waals surface area (Å²) in [5.74, 6) is -0.656. The molecule has 0 heterocycles. The van der Waals surface area contributed by atoms with Gasteiger partial charge >= 0.3 is 0 Å². The molecule has 1 atom stereocenters. The number of benzene rings is 1. The summed E-state index contributed by atoms with van der Waals surface area (Å²) in [7, 11) is 0. The molecule has 0 aliphatic rings. The fraction of sp³-hybridized carbons (Fsp3) is 0.286. The fourth-order valence-corrected chi connectivity index (χ4v) is 1.53. The van der Waals surface area contributed by atoms with E-state index in [0.29, 0.717) is 6.54 Å². The number of rotatable bonds is 4. The molecule has 0 saturated heterocycles. The molecule has 2 N–H and O–H groups in total. The molecule has 18 heavy (non-hydrogen) atoms. The molecular formula is C14H16N2O2. The lowest BCUT2D eigenvalue weighted by molar-refractivity contribution is -0.117. The number of carbonyl (C=O) groups is 1. The molecule has 1 rings (SSSR count). The number of allylic oxidation sites excluding steroid dienone is 1. The first-order chi connectivity index (χ1) is 8.56. The zero-order chi connectivity index (χ0) is 13.5.